The fraction of sp³-hybridized carbons (Fsp3) is 0. The van der Waals surface area contributed by atoms with Gasteiger partial charge >= 0.3 is 6.16 Å². The maximum Gasteiger partial charge on any atom is 0.401 e. The molecular weight excluding hydrogens is 387 g/mol. The number of anilines is 1. The molecule has 0 aliphatic heterocycles. The highest BCUT2D eigenvalue weighted by molar-refractivity contribution is 14.1. The number of benzene rings is 1. The summed E-state index contributed by atoms with van der Waals surface area (Å²) in [4.78, 5) is 10.1. The van der Waals surface area contributed by atoms with Gasteiger partial charge in [-0.15, -0.1) is 4.39 Å². The number of hydrogen-bond acceptors (Lipinski definition) is 1. The zero-order valence-corrected chi connectivity index (χ0v) is 10.1. The Bertz CT molecular complexity index is 296. The molecule has 0 saturated carbocycles. The lowest BCUT2D eigenvalue weighted by atomic mass is 10.3. The van der Waals surface area contributed by atoms with Crippen LogP contribution in [0.2, 0.25) is 0 Å². The van der Waals surface area contributed by atoms with Crippen molar-refractivity contribution in [2.45, 2.75) is 0 Å². The standard InChI is InChI=1S/C7H4FI2NO/c8-7(12)11-6-2-4(9)1-5(10)3-6/h1-3H,(H,11,12). The summed E-state index contributed by atoms with van der Waals surface area (Å²) in [5.74, 6) is 0. The normalized spacial score (nSPS) is 9.58. The maximum atomic E-state index is 11.9. The van der Waals surface area contributed by atoms with Gasteiger partial charge < -0.3 is 0 Å². The van der Waals surface area contributed by atoms with E-state index in [0.717, 1.165) is 7.14 Å². The Morgan fingerprint density at radius 2 is 1.75 bits per heavy atom. The van der Waals surface area contributed by atoms with Gasteiger partial charge in [0.1, 0.15) is 0 Å². The molecule has 0 heterocycles. The smallest absolute Gasteiger partial charge is 0.298 e. The van der Waals surface area contributed by atoms with Gasteiger partial charge in [0.05, 0.1) is 0 Å². The number of amides is 1. The third-order valence-corrected chi connectivity index (χ3v) is 2.35. The zero-order valence-electron chi connectivity index (χ0n) is 5.77. The summed E-state index contributed by atoms with van der Waals surface area (Å²) in [7, 11) is 0. The predicted molar refractivity (Wildman–Crippen MR) is 62.0 cm³/mol. The van der Waals surface area contributed by atoms with E-state index in [1.165, 1.54) is 0 Å². The molecule has 1 aromatic carbocycles. The van der Waals surface area contributed by atoms with Crippen LogP contribution in [0, 0.1) is 7.14 Å². The van der Waals surface area contributed by atoms with Crippen molar-refractivity contribution in [1.82, 2.24) is 0 Å². The van der Waals surface area contributed by atoms with Crippen molar-refractivity contribution in [1.29, 1.82) is 0 Å². The second-order valence-corrected chi connectivity index (χ2v) is 4.55. The zero-order chi connectivity index (χ0) is 9.14. The van der Waals surface area contributed by atoms with Crippen LogP contribution in [0.4, 0.5) is 14.9 Å². The fourth-order valence-electron chi connectivity index (χ4n) is 0.739. The Morgan fingerprint density at radius 1 is 1.25 bits per heavy atom. The molecule has 5 heteroatoms. The Balaban J connectivity index is 2.93. The van der Waals surface area contributed by atoms with E-state index in [1.54, 1.807) is 12.1 Å². The molecule has 0 radical (unpaired) electrons. The van der Waals surface area contributed by atoms with Gasteiger partial charge in [-0.05, 0) is 63.4 Å². The molecule has 0 spiro atoms. The monoisotopic (exact) mass is 391 g/mol. The van der Waals surface area contributed by atoms with Crippen LogP contribution < -0.4 is 5.32 Å². The lowest BCUT2D eigenvalue weighted by Gasteiger charge is -2.00. The highest BCUT2D eigenvalue weighted by atomic mass is 127. The van der Waals surface area contributed by atoms with Crippen LogP contribution in [-0.4, -0.2) is 6.16 Å². The first-order valence-electron chi connectivity index (χ1n) is 3.00. The first-order chi connectivity index (χ1) is 5.58. The fourth-order valence-corrected chi connectivity index (χ4v) is 2.68. The number of carbonyl (C=O) groups excluding carboxylic acids is 1. The predicted octanol–water partition coefficient (Wildman–Crippen LogP) is 3.40. The molecule has 0 fully saturated rings. The summed E-state index contributed by atoms with van der Waals surface area (Å²) in [5.41, 5.74) is 0.485. The second kappa shape index (κ2) is 4.35. The van der Waals surface area contributed by atoms with Crippen LogP contribution in [0.3, 0.4) is 0 Å². The van der Waals surface area contributed by atoms with Crippen molar-refractivity contribution < 1.29 is 9.18 Å². The molecule has 0 aliphatic rings. The summed E-state index contributed by atoms with van der Waals surface area (Å²) in [5, 5.41) is 2.07. The van der Waals surface area contributed by atoms with E-state index in [9.17, 15) is 9.18 Å². The molecule has 0 aliphatic carbocycles. The molecule has 1 amide bonds. The quantitative estimate of drug-likeness (QED) is 0.444. The van der Waals surface area contributed by atoms with E-state index < -0.39 is 6.16 Å². The molecule has 2 nitrogen and oxygen atoms in total. The van der Waals surface area contributed by atoms with Gasteiger partial charge in [-0.2, -0.15) is 0 Å². The van der Waals surface area contributed by atoms with Crippen molar-refractivity contribution in [3.05, 3.63) is 25.3 Å². The third kappa shape index (κ3) is 3.21. The molecule has 1 aromatic rings. The van der Waals surface area contributed by atoms with E-state index in [0.29, 0.717) is 5.69 Å². The van der Waals surface area contributed by atoms with Crippen LogP contribution in [0.25, 0.3) is 0 Å². The van der Waals surface area contributed by atoms with Crippen LogP contribution in [0.1, 0.15) is 0 Å². The molecule has 0 aromatic heterocycles. The number of halogens is 3. The topological polar surface area (TPSA) is 29.1 Å². The SMILES string of the molecule is O=C(F)Nc1cc(I)cc(I)c1. The van der Waals surface area contributed by atoms with Crippen molar-refractivity contribution in [2.75, 3.05) is 5.32 Å². The molecule has 0 bridgehead atoms. The second-order valence-electron chi connectivity index (χ2n) is 2.06. The first-order valence-corrected chi connectivity index (χ1v) is 5.16. The highest BCUT2D eigenvalue weighted by Crippen LogP contribution is 2.18. The summed E-state index contributed by atoms with van der Waals surface area (Å²) in [6, 6.07) is 5.31. The number of carbonyl (C=O) groups is 1. The minimum atomic E-state index is -1.53. The minimum absolute atomic E-state index is 0.485. The van der Waals surface area contributed by atoms with Crippen LogP contribution in [0.5, 0.6) is 0 Å². The molecule has 12 heavy (non-hydrogen) atoms. The van der Waals surface area contributed by atoms with Gasteiger partial charge in [-0.1, -0.05) is 0 Å². The number of rotatable bonds is 1. The van der Waals surface area contributed by atoms with Crippen LogP contribution in [-0.2, 0) is 0 Å². The van der Waals surface area contributed by atoms with Crippen LogP contribution in [0.15, 0.2) is 18.2 Å². The molecule has 1 N–H and O–H groups in total. The Morgan fingerprint density at radius 3 is 2.17 bits per heavy atom. The largest absolute Gasteiger partial charge is 0.401 e. The van der Waals surface area contributed by atoms with E-state index >= 15 is 0 Å². The van der Waals surface area contributed by atoms with Crippen molar-refractivity contribution in [2.24, 2.45) is 0 Å². The van der Waals surface area contributed by atoms with E-state index in [4.69, 9.17) is 0 Å². The lowest BCUT2D eigenvalue weighted by Crippen LogP contribution is -2.02. The molecule has 0 saturated heterocycles. The average molecular weight is 391 g/mol. The Kier molecular flexibility index (Phi) is 3.69. The van der Waals surface area contributed by atoms with Gasteiger partial charge in [0.2, 0.25) is 0 Å². The summed E-state index contributed by atoms with van der Waals surface area (Å²) < 4.78 is 13.8. The van der Waals surface area contributed by atoms with E-state index in [-0.39, 0.29) is 0 Å². The molecular formula is C7H4FI2NO. The van der Waals surface area contributed by atoms with Crippen molar-refractivity contribution in [3.8, 4) is 0 Å². The Labute approximate surface area is 96.2 Å². The summed E-state index contributed by atoms with van der Waals surface area (Å²) in [6.45, 7) is 0. The minimum Gasteiger partial charge on any atom is -0.298 e. The van der Waals surface area contributed by atoms with Gasteiger partial charge in [0.25, 0.3) is 0 Å². The number of hydrogen-bond donors (Lipinski definition) is 1. The molecule has 0 unspecified atom stereocenters. The van der Waals surface area contributed by atoms with Crippen molar-refractivity contribution >= 4 is 57.0 Å². The van der Waals surface area contributed by atoms with Crippen LogP contribution >= 0.6 is 45.2 Å². The molecule has 1 rings (SSSR count). The van der Waals surface area contributed by atoms with Gasteiger partial charge in [0.15, 0.2) is 0 Å². The highest BCUT2D eigenvalue weighted by Gasteiger charge is 2.00. The van der Waals surface area contributed by atoms with Gasteiger partial charge in [0, 0.05) is 12.8 Å². The summed E-state index contributed by atoms with van der Waals surface area (Å²) in [6.07, 6.45) is -1.53. The molecule has 64 valence electrons. The number of nitrogens with one attached hydrogen (secondary N) is 1. The average Bonchev–Trinajstić information content (AvgIpc) is 1.81. The summed E-state index contributed by atoms with van der Waals surface area (Å²) >= 11 is 4.20. The van der Waals surface area contributed by atoms with E-state index in [2.05, 4.69) is 50.5 Å². The maximum absolute atomic E-state index is 11.9. The van der Waals surface area contributed by atoms with Crippen molar-refractivity contribution in [3.63, 3.8) is 0 Å². The third-order valence-electron chi connectivity index (χ3n) is 1.11. The first kappa shape index (κ1) is 10.2. The molecule has 0 atom stereocenters. The lowest BCUT2D eigenvalue weighted by molar-refractivity contribution is 0.235. The van der Waals surface area contributed by atoms with Gasteiger partial charge in [-0.25, -0.2) is 4.79 Å². The van der Waals surface area contributed by atoms with E-state index in [1.807, 2.05) is 6.07 Å². The Hall–Kier alpha value is 0.0800. The van der Waals surface area contributed by atoms with Gasteiger partial charge in [-0.3, -0.25) is 5.32 Å².